The molecule has 0 radical (unpaired) electrons. The third-order valence-electron chi connectivity index (χ3n) is 5.40. The molecule has 1 aromatic heterocycles. The van der Waals surface area contributed by atoms with Crippen LogP contribution in [0.25, 0.3) is 0 Å². The Morgan fingerprint density at radius 2 is 2.12 bits per heavy atom. The van der Waals surface area contributed by atoms with Crippen LogP contribution in [0.3, 0.4) is 0 Å². The minimum atomic E-state index is -2.99. The highest BCUT2D eigenvalue weighted by Crippen LogP contribution is 2.42. The molecule has 1 aliphatic rings. The number of amides is 1. The van der Waals surface area contributed by atoms with Crippen molar-refractivity contribution >= 4 is 27.2 Å². The Morgan fingerprint density at radius 1 is 1.38 bits per heavy atom. The number of anilines is 1. The van der Waals surface area contributed by atoms with Crippen molar-refractivity contribution < 1.29 is 18.1 Å². The van der Waals surface area contributed by atoms with Crippen LogP contribution in [0, 0.1) is 5.82 Å². The van der Waals surface area contributed by atoms with Gasteiger partial charge in [0.15, 0.2) is 0 Å². The largest absolute Gasteiger partial charge is 0.477 e. The molecule has 0 fully saturated rings. The van der Waals surface area contributed by atoms with Crippen molar-refractivity contribution in [3.63, 3.8) is 0 Å². The molecule has 1 aromatic carbocycles. The molecule has 172 valence electrons. The molecule has 0 spiro atoms. The lowest BCUT2D eigenvalue weighted by Gasteiger charge is -2.31. The normalized spacial score (nSPS) is 21.2. The fourth-order valence-corrected chi connectivity index (χ4v) is 6.47. The second-order valence-corrected chi connectivity index (χ2v) is 10.7. The lowest BCUT2D eigenvalue weighted by atomic mass is 10.1. The molecular weight excluding hydrogens is 435 g/mol. The Balaban J connectivity index is 1.90. The number of hydrogen-bond donors (Lipinski definition) is 2. The number of rotatable bonds is 7. The van der Waals surface area contributed by atoms with Crippen LogP contribution in [-0.4, -0.2) is 50.9 Å². The van der Waals surface area contributed by atoms with E-state index in [1.165, 1.54) is 37.6 Å². The minimum Gasteiger partial charge on any atom is -0.477 e. The van der Waals surface area contributed by atoms with Crippen LogP contribution in [-0.2, 0) is 9.73 Å². The number of amidine groups is 1. The standard InChI is InChI=1S/C21H27FN6O3S/c1-5-31-18-12-25-16(11-26-18)19(29)28-13-6-7-15(22)14(10-13)17-8-9-27-32(17,30)21(2,3)20(23)24-4/h6-7,10-12,17H,5,8-9H2,1-4H3,(H2,23,24)(H,28,29)/t17-,32?/m0/s1. The highest BCUT2D eigenvalue weighted by Gasteiger charge is 2.45. The van der Waals surface area contributed by atoms with Gasteiger partial charge in [-0.1, -0.05) is 0 Å². The van der Waals surface area contributed by atoms with Crippen LogP contribution in [0.5, 0.6) is 5.88 Å². The topological polar surface area (TPSA) is 132 Å². The first kappa shape index (κ1) is 23.6. The van der Waals surface area contributed by atoms with Crippen molar-refractivity contribution in [2.45, 2.75) is 37.2 Å². The zero-order chi connectivity index (χ0) is 23.5. The molecule has 1 aliphatic heterocycles. The number of halogens is 1. The van der Waals surface area contributed by atoms with Gasteiger partial charge in [-0.05, 0) is 45.4 Å². The molecule has 2 heterocycles. The van der Waals surface area contributed by atoms with Gasteiger partial charge in [0.2, 0.25) is 5.88 Å². The summed E-state index contributed by atoms with van der Waals surface area (Å²) in [4.78, 5) is 24.6. The molecule has 0 aliphatic carbocycles. The van der Waals surface area contributed by atoms with Gasteiger partial charge in [0.05, 0.1) is 34.0 Å². The number of carbonyl (C=O) groups excluding carboxylic acids is 1. The first-order chi connectivity index (χ1) is 15.1. The van der Waals surface area contributed by atoms with Crippen molar-refractivity contribution in [2.75, 3.05) is 25.5 Å². The van der Waals surface area contributed by atoms with E-state index < -0.39 is 31.5 Å². The van der Waals surface area contributed by atoms with Gasteiger partial charge in [-0.2, -0.15) is 0 Å². The Labute approximate surface area is 186 Å². The van der Waals surface area contributed by atoms with E-state index in [9.17, 15) is 13.4 Å². The second kappa shape index (κ2) is 9.19. The molecule has 1 amide bonds. The van der Waals surface area contributed by atoms with Gasteiger partial charge in [-0.3, -0.25) is 9.79 Å². The van der Waals surface area contributed by atoms with Gasteiger partial charge in [0.1, 0.15) is 22.1 Å². The number of aliphatic imine (C=N–C) groups is 1. The Bertz CT molecular complexity index is 1160. The van der Waals surface area contributed by atoms with E-state index in [-0.39, 0.29) is 17.1 Å². The summed E-state index contributed by atoms with van der Waals surface area (Å²) in [5, 5.41) is 1.99. The average Bonchev–Trinajstić information content (AvgIpc) is 3.18. The smallest absolute Gasteiger partial charge is 0.275 e. The number of hydrogen-bond acceptors (Lipinski definition) is 7. The van der Waals surface area contributed by atoms with Gasteiger partial charge < -0.3 is 15.8 Å². The quantitative estimate of drug-likeness (QED) is 0.480. The number of aromatic nitrogens is 2. The molecule has 9 nitrogen and oxygen atoms in total. The lowest BCUT2D eigenvalue weighted by molar-refractivity contribution is 0.102. The summed E-state index contributed by atoms with van der Waals surface area (Å²) in [6, 6.07) is 4.15. The van der Waals surface area contributed by atoms with Gasteiger partial charge in [0.25, 0.3) is 5.91 Å². The third kappa shape index (κ3) is 4.29. The van der Waals surface area contributed by atoms with Crippen molar-refractivity contribution in [1.29, 1.82) is 0 Å². The molecule has 11 heteroatoms. The lowest BCUT2D eigenvalue weighted by Crippen LogP contribution is -2.46. The van der Waals surface area contributed by atoms with Gasteiger partial charge in [-0.15, -0.1) is 0 Å². The van der Waals surface area contributed by atoms with Crippen molar-refractivity contribution in [3.05, 3.63) is 47.7 Å². The first-order valence-electron chi connectivity index (χ1n) is 10.1. The van der Waals surface area contributed by atoms with E-state index in [0.717, 1.165) is 0 Å². The fourth-order valence-electron chi connectivity index (χ4n) is 3.54. The maximum absolute atomic E-state index is 14.8. The van der Waals surface area contributed by atoms with Crippen LogP contribution >= 0.6 is 0 Å². The summed E-state index contributed by atoms with van der Waals surface area (Å²) in [5.74, 6) is -0.540. The van der Waals surface area contributed by atoms with Crippen LogP contribution in [0.15, 0.2) is 39.9 Å². The number of carbonyl (C=O) groups is 1. The van der Waals surface area contributed by atoms with Gasteiger partial charge >= 0.3 is 0 Å². The van der Waals surface area contributed by atoms with Crippen molar-refractivity contribution in [2.24, 2.45) is 15.1 Å². The predicted molar refractivity (Wildman–Crippen MR) is 122 cm³/mol. The van der Waals surface area contributed by atoms with Crippen LogP contribution in [0.1, 0.15) is 48.5 Å². The second-order valence-electron chi connectivity index (χ2n) is 7.68. The van der Waals surface area contributed by atoms with Crippen molar-refractivity contribution in [3.8, 4) is 5.88 Å². The summed E-state index contributed by atoms with van der Waals surface area (Å²) in [5.41, 5.74) is 6.65. The Hall–Kier alpha value is -3.08. The Morgan fingerprint density at radius 3 is 2.75 bits per heavy atom. The molecule has 0 saturated carbocycles. The summed E-state index contributed by atoms with van der Waals surface area (Å²) in [6.07, 6.45) is 3.05. The van der Waals surface area contributed by atoms with Crippen molar-refractivity contribution in [1.82, 2.24) is 9.97 Å². The summed E-state index contributed by atoms with van der Waals surface area (Å²) in [7, 11) is -1.47. The molecule has 1 unspecified atom stereocenters. The molecule has 0 bridgehead atoms. The van der Waals surface area contributed by atoms with E-state index in [0.29, 0.717) is 31.1 Å². The monoisotopic (exact) mass is 462 g/mol. The van der Waals surface area contributed by atoms with Crippen LogP contribution < -0.4 is 15.8 Å². The van der Waals surface area contributed by atoms with Gasteiger partial charge in [-0.25, -0.2) is 22.9 Å². The average molecular weight is 463 g/mol. The summed E-state index contributed by atoms with van der Waals surface area (Å²) >= 11 is 0. The number of nitrogens with one attached hydrogen (secondary N) is 1. The molecule has 2 atom stereocenters. The van der Waals surface area contributed by atoms with E-state index in [4.69, 9.17) is 10.5 Å². The van der Waals surface area contributed by atoms with E-state index in [1.54, 1.807) is 13.8 Å². The van der Waals surface area contributed by atoms with E-state index in [2.05, 4.69) is 24.6 Å². The van der Waals surface area contributed by atoms with E-state index >= 15 is 0 Å². The molecule has 32 heavy (non-hydrogen) atoms. The van der Waals surface area contributed by atoms with Crippen LogP contribution in [0.2, 0.25) is 0 Å². The third-order valence-corrected chi connectivity index (χ3v) is 8.90. The fraction of sp³-hybridized carbons (Fsp3) is 0.429. The first-order valence-corrected chi connectivity index (χ1v) is 11.7. The number of benzene rings is 1. The minimum absolute atomic E-state index is 0.0760. The van der Waals surface area contributed by atoms with E-state index in [1.807, 2.05) is 6.92 Å². The summed E-state index contributed by atoms with van der Waals surface area (Å²) < 4.78 is 37.3. The Kier molecular flexibility index (Phi) is 6.77. The van der Waals surface area contributed by atoms with Crippen LogP contribution in [0.4, 0.5) is 10.1 Å². The number of nitrogens with two attached hydrogens (primary N) is 1. The molecule has 0 saturated heterocycles. The molecular formula is C21H27FN6O3S. The molecule has 3 rings (SSSR count). The zero-order valence-electron chi connectivity index (χ0n) is 18.5. The zero-order valence-corrected chi connectivity index (χ0v) is 19.3. The number of ether oxygens (including phenoxy) is 1. The van der Waals surface area contributed by atoms with Gasteiger partial charge in [0, 0.05) is 24.8 Å². The summed E-state index contributed by atoms with van der Waals surface area (Å²) in [6.45, 7) is 5.97. The maximum Gasteiger partial charge on any atom is 0.275 e. The molecule has 2 aromatic rings. The predicted octanol–water partition coefficient (Wildman–Crippen LogP) is 2.95. The SMILES string of the molecule is CCOc1cnc(C(=O)Nc2ccc(F)c([C@@H]3CCN=S3(=O)C(C)(C)C(N)=NC)c2)cn1. The highest BCUT2D eigenvalue weighted by molar-refractivity contribution is 7.96. The number of nitrogens with zero attached hydrogens (tertiary/aromatic N) is 4. The highest BCUT2D eigenvalue weighted by atomic mass is 32.2. The maximum atomic E-state index is 14.8. The molecule has 3 N–H and O–H groups in total.